The number of phosphoric acid groups is 1. The summed E-state index contributed by atoms with van der Waals surface area (Å²) in [5.41, 5.74) is 16.8. The molecule has 3 aromatic carbocycles. The quantitative estimate of drug-likeness (QED) is 0.00922. The number of aryl methyl sites for hydroxylation is 2. The predicted molar refractivity (Wildman–Crippen MR) is 373 cm³/mol. The highest BCUT2D eigenvalue weighted by molar-refractivity contribution is 7.80. The SMILES string of the molecule is CC(=O)NC(CCCCN)C(=O)NC(C(=O)NC(CCCNC(N)=O)C(=O)Nc1ccc(COC(=S)N(C)CCN(C)C(=S)Oc2cc3c(c4c(C)c[nH]c24)C(CCl)CN3C(=O)C2(CCC(=O)N3CC(CCl)c4c3cc(OP(=O)(O)O)c3[nH]cc(C)c43)CCC2)cc1)C(C)C. The number of nitrogens with two attached hydrogens (primary N) is 2. The molecular weight excluding hydrogens is 1320 g/mol. The maximum Gasteiger partial charge on any atom is 0.524 e. The lowest BCUT2D eigenvalue weighted by Gasteiger charge is -2.43. The van der Waals surface area contributed by atoms with Crippen molar-refractivity contribution < 1.29 is 61.9 Å². The average Bonchev–Trinajstić information content (AvgIpc) is 1.60. The molecule has 3 aliphatic rings. The molecule has 516 valence electrons. The molecule has 2 aromatic heterocycles. The molecule has 4 heterocycles. The Labute approximate surface area is 572 Å². The molecule has 8 rings (SSSR count). The number of rotatable bonds is 30. The van der Waals surface area contributed by atoms with E-state index in [0.29, 0.717) is 97.5 Å². The molecule has 5 unspecified atom stereocenters. The topological polar surface area (TPSA) is 361 Å². The molecule has 26 nitrogen and oxygen atoms in total. The first-order valence-electron chi connectivity index (χ1n) is 31.7. The zero-order valence-corrected chi connectivity index (χ0v) is 58.4. The van der Waals surface area contributed by atoms with Gasteiger partial charge in [-0.2, -0.15) is 0 Å². The highest BCUT2D eigenvalue weighted by Gasteiger charge is 2.50. The lowest BCUT2D eigenvalue weighted by molar-refractivity contribution is -0.134. The Kier molecular flexibility index (Phi) is 24.9. The van der Waals surface area contributed by atoms with Crippen molar-refractivity contribution in [2.75, 3.05) is 80.2 Å². The summed E-state index contributed by atoms with van der Waals surface area (Å²) in [4.78, 5) is 127. The summed E-state index contributed by atoms with van der Waals surface area (Å²) in [6, 6.07) is 6.38. The number of carbonyl (C=O) groups is 7. The summed E-state index contributed by atoms with van der Waals surface area (Å²) in [6.07, 6.45) is 7.75. The number of hydrogen-bond donors (Lipinski definition) is 11. The van der Waals surface area contributed by atoms with E-state index < -0.39 is 66.9 Å². The van der Waals surface area contributed by atoms with E-state index in [9.17, 15) is 43.1 Å². The maximum atomic E-state index is 15.2. The van der Waals surface area contributed by atoms with E-state index in [4.69, 9.17) is 73.1 Å². The van der Waals surface area contributed by atoms with Crippen LogP contribution >= 0.6 is 55.5 Å². The predicted octanol–water partition coefficient (Wildman–Crippen LogP) is 7.40. The molecule has 13 N–H and O–H groups in total. The molecule has 1 saturated carbocycles. The number of thiocarbonyl (C=S) groups is 2. The molecule has 0 radical (unpaired) electrons. The van der Waals surface area contributed by atoms with Crippen LogP contribution in [0.3, 0.4) is 0 Å². The van der Waals surface area contributed by atoms with Gasteiger partial charge in [0.25, 0.3) is 10.3 Å². The fourth-order valence-electron chi connectivity index (χ4n) is 12.6. The van der Waals surface area contributed by atoms with E-state index >= 15 is 4.79 Å². The number of H-pyrrole nitrogens is 2. The smallest absolute Gasteiger partial charge is 0.466 e. The monoisotopic (exact) mass is 1410 g/mol. The van der Waals surface area contributed by atoms with Gasteiger partial charge < -0.3 is 81.6 Å². The number of aromatic nitrogens is 2. The Morgan fingerprint density at radius 2 is 1.36 bits per heavy atom. The van der Waals surface area contributed by atoms with Crippen LogP contribution < -0.4 is 57.1 Å². The summed E-state index contributed by atoms with van der Waals surface area (Å²) in [5, 5.41) is 15.4. The highest BCUT2D eigenvalue weighted by atomic mass is 35.5. The second-order valence-corrected chi connectivity index (χ2v) is 27.6. The molecule has 95 heavy (non-hydrogen) atoms. The second-order valence-electron chi connectivity index (χ2n) is 25.1. The van der Waals surface area contributed by atoms with Crippen molar-refractivity contribution in [3.8, 4) is 11.5 Å². The number of primary amides is 1. The van der Waals surface area contributed by atoms with Gasteiger partial charge >= 0.3 is 13.9 Å². The van der Waals surface area contributed by atoms with Crippen molar-refractivity contribution in [2.24, 2.45) is 22.8 Å². The molecular formula is C64H86Cl2N13O13PS2. The van der Waals surface area contributed by atoms with Crippen molar-refractivity contribution in [1.29, 1.82) is 0 Å². The van der Waals surface area contributed by atoms with Crippen molar-refractivity contribution in [1.82, 2.24) is 41.0 Å². The summed E-state index contributed by atoms with van der Waals surface area (Å²) in [7, 11) is -1.41. The van der Waals surface area contributed by atoms with Crippen molar-refractivity contribution in [3.05, 3.63) is 76.6 Å². The summed E-state index contributed by atoms with van der Waals surface area (Å²) >= 11 is 24.8. The third-order valence-electron chi connectivity index (χ3n) is 17.9. The Hall–Kier alpha value is -7.30. The second kappa shape index (κ2) is 32.2. The minimum absolute atomic E-state index is 0.0245. The van der Waals surface area contributed by atoms with Crippen LogP contribution in [0, 0.1) is 25.2 Å². The lowest BCUT2D eigenvalue weighted by atomic mass is 9.65. The van der Waals surface area contributed by atoms with Crippen LogP contribution in [0.15, 0.2) is 48.8 Å². The number of anilines is 3. The van der Waals surface area contributed by atoms with Crippen LogP contribution in [0.5, 0.6) is 11.5 Å². The third-order valence-corrected chi connectivity index (χ3v) is 19.9. The van der Waals surface area contributed by atoms with Gasteiger partial charge in [-0.3, -0.25) is 38.6 Å². The number of nitrogens with one attached hydrogen (secondary N) is 7. The van der Waals surface area contributed by atoms with E-state index in [-0.39, 0.29) is 96.9 Å². The van der Waals surface area contributed by atoms with Crippen LogP contribution in [-0.4, -0.2) is 165 Å². The minimum Gasteiger partial charge on any atom is -0.466 e. The number of likely N-dealkylation sites (N-methyl/N-ethyl adjacent to an activating group) is 2. The number of amides is 8. The van der Waals surface area contributed by atoms with Crippen molar-refractivity contribution in [3.63, 3.8) is 0 Å². The van der Waals surface area contributed by atoms with E-state index in [1.165, 1.54) is 13.0 Å². The summed E-state index contributed by atoms with van der Waals surface area (Å²) in [5.74, 6) is -2.61. The molecule has 8 amide bonds. The number of alkyl halides is 2. The van der Waals surface area contributed by atoms with Gasteiger partial charge in [0.1, 0.15) is 24.7 Å². The van der Waals surface area contributed by atoms with Gasteiger partial charge in [-0.15, -0.1) is 23.2 Å². The van der Waals surface area contributed by atoms with E-state index in [1.54, 1.807) is 78.0 Å². The van der Waals surface area contributed by atoms with Crippen LogP contribution in [0.4, 0.5) is 21.9 Å². The van der Waals surface area contributed by atoms with Crippen LogP contribution in [0.25, 0.3) is 21.8 Å². The Bertz CT molecular complexity index is 3750. The summed E-state index contributed by atoms with van der Waals surface area (Å²) in [6.45, 7) is 10.6. The van der Waals surface area contributed by atoms with Gasteiger partial charge in [-0.1, -0.05) is 32.4 Å². The van der Waals surface area contributed by atoms with Crippen LogP contribution in [0.1, 0.15) is 125 Å². The van der Waals surface area contributed by atoms with E-state index in [0.717, 1.165) is 39.6 Å². The van der Waals surface area contributed by atoms with E-state index in [2.05, 4.69) is 36.6 Å². The van der Waals surface area contributed by atoms with Crippen molar-refractivity contribution >= 4 is 146 Å². The number of ether oxygens (including phenoxy) is 2. The number of hydrogen-bond acceptors (Lipinski definition) is 14. The van der Waals surface area contributed by atoms with E-state index in [1.807, 2.05) is 26.1 Å². The van der Waals surface area contributed by atoms with Gasteiger partial charge in [0.05, 0.1) is 27.8 Å². The zero-order valence-electron chi connectivity index (χ0n) is 54.4. The summed E-state index contributed by atoms with van der Waals surface area (Å²) < 4.78 is 29.8. The van der Waals surface area contributed by atoms with Crippen LogP contribution in [-0.2, 0) is 44.7 Å². The van der Waals surface area contributed by atoms with Crippen molar-refractivity contribution in [2.45, 2.75) is 135 Å². The molecule has 5 atom stereocenters. The molecule has 0 spiro atoms. The Balaban J connectivity index is 0.866. The molecule has 1 fully saturated rings. The number of phosphoric ester groups is 1. The minimum atomic E-state index is -4.98. The lowest BCUT2D eigenvalue weighted by Crippen LogP contribution is -2.57. The number of urea groups is 1. The van der Waals surface area contributed by atoms with Gasteiger partial charge in [0.15, 0.2) is 11.5 Å². The average molecular weight is 1410 g/mol. The number of unbranched alkanes of at least 4 members (excludes halogenated alkanes) is 1. The molecule has 1 aliphatic carbocycles. The number of carbonyl (C=O) groups excluding carboxylic acids is 7. The van der Waals surface area contributed by atoms with Crippen LogP contribution in [0.2, 0.25) is 0 Å². The Morgan fingerprint density at radius 3 is 1.92 bits per heavy atom. The molecule has 2 aliphatic heterocycles. The number of fused-ring (bicyclic) bond motifs is 6. The first kappa shape index (κ1) is 73.5. The highest BCUT2D eigenvalue weighted by Crippen LogP contribution is 2.54. The Morgan fingerprint density at radius 1 is 0.789 bits per heavy atom. The molecule has 31 heteroatoms. The maximum absolute atomic E-state index is 15.2. The van der Waals surface area contributed by atoms with Gasteiger partial charge in [-0.05, 0) is 142 Å². The first-order valence-corrected chi connectivity index (χ1v) is 35.1. The number of halogens is 2. The first-order chi connectivity index (χ1) is 45.1. The normalized spacial score (nSPS) is 16.4. The zero-order chi connectivity index (χ0) is 69.2. The number of aromatic amines is 2. The largest absolute Gasteiger partial charge is 0.524 e. The standard InChI is InChI=1S/C64H86Cl2N13O13PS2/c1-35(2)54(75-58(83)43(72-38(5)80)12-8-9-22-67)59(84)74-44(13-10-23-69-61(68)86)57(82)73-42-16-14-39(15-17-42)34-90-62(94)76(6)24-25-77(7)63(95)91-47-26-46-53(50-36(3)30-70-55(47)50)41(29-66)33-79(46)60(85)64(19-11-20-64)21-18-49(81)78-32-40(28-65)52-45(78)27-48(92-93(87,88)89)56-51(52)37(4)31-71-56/h14-17,26-27,30-31,35,40-41,43-44,54,70-71H,8-13,18-25,28-29,32-34,67H2,1-7H3,(H,72,80)(H,73,82)(H,74,84)(H,75,83)(H3,68,69,86)(H2,87,88,89). The molecule has 0 bridgehead atoms. The van der Waals surface area contributed by atoms with Gasteiger partial charge in [0.2, 0.25) is 35.4 Å². The molecule has 5 aromatic rings. The molecule has 0 saturated heterocycles. The number of benzene rings is 3. The third kappa shape index (κ3) is 17.7. The fraction of sp³-hybridized carbons (Fsp3) is 0.516. The van der Waals surface area contributed by atoms with Gasteiger partial charge in [-0.25, -0.2) is 9.36 Å². The fourth-order valence-corrected chi connectivity index (χ4v) is 13.8. The number of nitrogens with zero attached hydrogens (tertiary/aromatic N) is 4. The van der Waals surface area contributed by atoms with Gasteiger partial charge in [0, 0.05) is 125 Å².